The van der Waals surface area contributed by atoms with Crippen molar-refractivity contribution in [2.75, 3.05) is 40.3 Å². The van der Waals surface area contributed by atoms with Crippen LogP contribution in [0.4, 0.5) is 0 Å². The van der Waals surface area contributed by atoms with Gasteiger partial charge < -0.3 is 14.5 Å². The van der Waals surface area contributed by atoms with Crippen molar-refractivity contribution in [2.24, 2.45) is 0 Å². The maximum Gasteiger partial charge on any atom is 0.274 e. The summed E-state index contributed by atoms with van der Waals surface area (Å²) in [6.07, 6.45) is 5.29. The van der Waals surface area contributed by atoms with Crippen LogP contribution in [0.15, 0.2) is 36.7 Å². The minimum atomic E-state index is -0.0133. The number of nitrogens with zero attached hydrogens (tertiary/aromatic N) is 5. The van der Waals surface area contributed by atoms with E-state index >= 15 is 0 Å². The van der Waals surface area contributed by atoms with Gasteiger partial charge in [0.05, 0.1) is 17.9 Å². The molecule has 160 valence electrons. The first-order chi connectivity index (χ1) is 14.5. The quantitative estimate of drug-likeness (QED) is 0.755. The molecule has 0 N–H and O–H groups in total. The molecule has 0 radical (unpaired) electrons. The van der Waals surface area contributed by atoms with E-state index in [4.69, 9.17) is 4.74 Å². The van der Waals surface area contributed by atoms with Crippen LogP contribution in [0.1, 0.15) is 34.6 Å². The molecule has 1 saturated heterocycles. The molecule has 0 bridgehead atoms. The summed E-state index contributed by atoms with van der Waals surface area (Å²) in [6.45, 7) is 5.89. The number of aryl methyl sites for hydroxylation is 1. The van der Waals surface area contributed by atoms with Crippen LogP contribution >= 0.6 is 0 Å². The third kappa shape index (κ3) is 4.63. The first-order valence-electron chi connectivity index (χ1n) is 10.7. The predicted molar refractivity (Wildman–Crippen MR) is 116 cm³/mol. The standard InChI is InChI=1S/C23H31N5O2/c1-17-11-25-21(12-24-17)23(29)28-10-6-8-19(28)15-27-13-18-7-4-5-9-22(18)30-16-20(27)14-26(2)3/h4-5,7,9,11-12,19-20H,6,8,10,13-16H2,1-3H3/t19-,20-/m0/s1. The summed E-state index contributed by atoms with van der Waals surface area (Å²) in [5, 5.41) is 0. The fourth-order valence-electron chi connectivity index (χ4n) is 4.43. The van der Waals surface area contributed by atoms with Gasteiger partial charge in [0, 0.05) is 44.0 Å². The van der Waals surface area contributed by atoms with Crippen LogP contribution in [-0.2, 0) is 6.54 Å². The van der Waals surface area contributed by atoms with Gasteiger partial charge in [-0.3, -0.25) is 14.7 Å². The minimum Gasteiger partial charge on any atom is -0.492 e. The average molecular weight is 410 g/mol. The zero-order valence-electron chi connectivity index (χ0n) is 18.1. The molecule has 1 aromatic carbocycles. The highest BCUT2D eigenvalue weighted by Gasteiger charge is 2.34. The molecular weight excluding hydrogens is 378 g/mol. The van der Waals surface area contributed by atoms with E-state index in [0.717, 1.165) is 50.5 Å². The van der Waals surface area contributed by atoms with Gasteiger partial charge in [0.1, 0.15) is 18.1 Å². The van der Waals surface area contributed by atoms with Gasteiger partial charge >= 0.3 is 0 Å². The Bertz CT molecular complexity index is 870. The third-order valence-corrected chi connectivity index (χ3v) is 5.95. The summed E-state index contributed by atoms with van der Waals surface area (Å²) in [5.41, 5.74) is 2.46. The molecule has 2 atom stereocenters. The van der Waals surface area contributed by atoms with Crippen LogP contribution in [0.3, 0.4) is 0 Å². The van der Waals surface area contributed by atoms with Gasteiger partial charge in [-0.15, -0.1) is 0 Å². The second-order valence-corrected chi connectivity index (χ2v) is 8.60. The number of likely N-dealkylation sites (tertiary alicyclic amines) is 1. The Balaban J connectivity index is 1.53. The molecule has 2 aromatic rings. The van der Waals surface area contributed by atoms with Crippen LogP contribution in [0.2, 0.25) is 0 Å². The van der Waals surface area contributed by atoms with Gasteiger partial charge in [0.2, 0.25) is 0 Å². The zero-order valence-corrected chi connectivity index (χ0v) is 18.1. The number of carbonyl (C=O) groups is 1. The normalized spacial score (nSPS) is 21.9. The van der Waals surface area contributed by atoms with Gasteiger partial charge in [-0.05, 0) is 39.9 Å². The zero-order chi connectivity index (χ0) is 21.1. The van der Waals surface area contributed by atoms with Crippen molar-refractivity contribution in [1.82, 2.24) is 24.7 Å². The summed E-state index contributed by atoms with van der Waals surface area (Å²) in [7, 11) is 4.19. The number of fused-ring (bicyclic) bond motifs is 1. The second kappa shape index (κ2) is 9.10. The number of ether oxygens (including phenoxy) is 1. The molecule has 0 spiro atoms. The molecule has 30 heavy (non-hydrogen) atoms. The number of hydrogen-bond acceptors (Lipinski definition) is 6. The fourth-order valence-corrected chi connectivity index (χ4v) is 4.43. The highest BCUT2D eigenvalue weighted by Crippen LogP contribution is 2.27. The number of likely N-dealkylation sites (N-methyl/N-ethyl adjacent to an activating group) is 1. The highest BCUT2D eigenvalue weighted by atomic mass is 16.5. The molecule has 7 nitrogen and oxygen atoms in total. The lowest BCUT2D eigenvalue weighted by atomic mass is 10.1. The molecule has 2 aliphatic rings. The van der Waals surface area contributed by atoms with E-state index in [1.54, 1.807) is 12.4 Å². The number of benzene rings is 1. The first kappa shape index (κ1) is 20.8. The predicted octanol–water partition coefficient (Wildman–Crippen LogP) is 2.21. The summed E-state index contributed by atoms with van der Waals surface area (Å²) >= 11 is 0. The van der Waals surface area contributed by atoms with E-state index < -0.39 is 0 Å². The molecule has 7 heteroatoms. The lowest BCUT2D eigenvalue weighted by Gasteiger charge is -2.35. The van der Waals surface area contributed by atoms with Crippen LogP contribution < -0.4 is 4.74 Å². The first-order valence-corrected chi connectivity index (χ1v) is 10.7. The molecule has 0 saturated carbocycles. The van der Waals surface area contributed by atoms with Crippen molar-refractivity contribution < 1.29 is 9.53 Å². The van der Waals surface area contributed by atoms with Crippen LogP contribution in [0.5, 0.6) is 5.75 Å². The fraction of sp³-hybridized carbons (Fsp3) is 0.522. The molecule has 1 aromatic heterocycles. The van der Waals surface area contributed by atoms with Gasteiger partial charge in [-0.25, -0.2) is 4.98 Å². The van der Waals surface area contributed by atoms with E-state index in [-0.39, 0.29) is 18.0 Å². The lowest BCUT2D eigenvalue weighted by Crippen LogP contribution is -2.50. The van der Waals surface area contributed by atoms with Crippen molar-refractivity contribution in [1.29, 1.82) is 0 Å². The Morgan fingerprint density at radius 3 is 2.80 bits per heavy atom. The van der Waals surface area contributed by atoms with Gasteiger partial charge in [0.25, 0.3) is 5.91 Å². The van der Waals surface area contributed by atoms with Gasteiger partial charge in [0.15, 0.2) is 0 Å². The molecule has 1 amide bonds. The van der Waals surface area contributed by atoms with Crippen molar-refractivity contribution in [3.8, 4) is 5.75 Å². The van der Waals surface area contributed by atoms with Crippen molar-refractivity contribution in [3.05, 3.63) is 53.6 Å². The number of carbonyl (C=O) groups excluding carboxylic acids is 1. The maximum atomic E-state index is 13.1. The molecule has 2 aliphatic heterocycles. The second-order valence-electron chi connectivity index (χ2n) is 8.60. The Morgan fingerprint density at radius 2 is 2.03 bits per heavy atom. The van der Waals surface area contributed by atoms with Gasteiger partial charge in [-0.1, -0.05) is 18.2 Å². The van der Waals surface area contributed by atoms with Crippen molar-refractivity contribution in [3.63, 3.8) is 0 Å². The largest absolute Gasteiger partial charge is 0.492 e. The van der Waals surface area contributed by atoms with Crippen molar-refractivity contribution in [2.45, 2.75) is 38.4 Å². The number of rotatable bonds is 5. The van der Waals surface area contributed by atoms with Crippen molar-refractivity contribution >= 4 is 5.91 Å². The monoisotopic (exact) mass is 409 g/mol. The number of para-hydroxylation sites is 1. The summed E-state index contributed by atoms with van der Waals surface area (Å²) in [6, 6.07) is 8.72. The lowest BCUT2D eigenvalue weighted by molar-refractivity contribution is 0.0612. The van der Waals surface area contributed by atoms with E-state index in [2.05, 4.69) is 46.0 Å². The summed E-state index contributed by atoms with van der Waals surface area (Å²) < 4.78 is 6.14. The summed E-state index contributed by atoms with van der Waals surface area (Å²) in [4.78, 5) is 28.4. The van der Waals surface area contributed by atoms with Crippen LogP contribution in [0, 0.1) is 6.92 Å². The molecule has 1 fully saturated rings. The number of aromatic nitrogens is 2. The number of hydrogen-bond donors (Lipinski definition) is 0. The number of amides is 1. The van der Waals surface area contributed by atoms with E-state index in [9.17, 15) is 4.79 Å². The Kier molecular flexibility index (Phi) is 6.29. The Labute approximate surface area is 178 Å². The molecule has 4 rings (SSSR count). The molecule has 0 aliphatic carbocycles. The van der Waals surface area contributed by atoms with Crippen LogP contribution in [-0.4, -0.2) is 83.0 Å². The minimum absolute atomic E-state index is 0.0133. The van der Waals surface area contributed by atoms with E-state index in [1.807, 2.05) is 24.0 Å². The third-order valence-electron chi connectivity index (χ3n) is 5.95. The Morgan fingerprint density at radius 1 is 1.20 bits per heavy atom. The highest BCUT2D eigenvalue weighted by molar-refractivity contribution is 5.92. The molecular formula is C23H31N5O2. The molecule has 0 unspecified atom stereocenters. The van der Waals surface area contributed by atoms with Crippen LogP contribution in [0.25, 0.3) is 0 Å². The van der Waals surface area contributed by atoms with E-state index in [0.29, 0.717) is 12.3 Å². The smallest absolute Gasteiger partial charge is 0.274 e. The maximum absolute atomic E-state index is 13.1. The summed E-state index contributed by atoms with van der Waals surface area (Å²) in [5.74, 6) is 0.957. The Hall–Kier alpha value is -2.51. The SMILES string of the molecule is Cc1cnc(C(=O)N2CCC[C@H]2CN2Cc3ccccc3OC[C@@H]2CN(C)C)cn1. The topological polar surface area (TPSA) is 61.8 Å². The average Bonchev–Trinajstić information content (AvgIpc) is 3.12. The molecule has 3 heterocycles. The van der Waals surface area contributed by atoms with E-state index in [1.165, 1.54) is 5.56 Å². The van der Waals surface area contributed by atoms with Gasteiger partial charge in [-0.2, -0.15) is 0 Å².